The van der Waals surface area contributed by atoms with Gasteiger partial charge in [-0.3, -0.25) is 4.98 Å². The Kier molecular flexibility index (Phi) is 10.0. The van der Waals surface area contributed by atoms with E-state index in [4.69, 9.17) is 9.97 Å². The first-order chi connectivity index (χ1) is 22.4. The van der Waals surface area contributed by atoms with Gasteiger partial charge in [0.1, 0.15) is 11.6 Å². The van der Waals surface area contributed by atoms with E-state index in [1.54, 1.807) is 12.1 Å². The minimum Gasteiger partial charge on any atom is -0.514 e. The first-order valence-electron chi connectivity index (χ1n) is 15.8. The molecule has 6 rings (SSSR count). The molecule has 0 aliphatic heterocycles. The number of phenolic OH excluding ortho intramolecular Hbond substituents is 1. The van der Waals surface area contributed by atoms with Crippen LogP contribution in [0.3, 0.4) is 0 Å². The molecule has 6 aromatic rings. The van der Waals surface area contributed by atoms with Crippen molar-refractivity contribution >= 4 is 17.2 Å². The number of halogens is 1. The normalized spacial score (nSPS) is 11.2. The largest absolute Gasteiger partial charge is 0.514 e. The Hall–Kier alpha value is -4.60. The van der Waals surface area contributed by atoms with Crippen LogP contribution in [0.4, 0.5) is 21.6 Å². The number of para-hydroxylation sites is 1. The van der Waals surface area contributed by atoms with Gasteiger partial charge in [-0.05, 0) is 108 Å². The number of phenols is 1. The fraction of sp³-hybridized carbons (Fsp3) is 0.190. The first-order valence-corrected chi connectivity index (χ1v) is 15.8. The van der Waals surface area contributed by atoms with Crippen molar-refractivity contribution < 1.29 is 30.6 Å². The SMILES string of the molecule is Cc1cccc(C)c1-c1ccnc(-c2cccc(N(c3[c-]c(-c4cccc(F)c4O)ccc3)c3c(C)cc(C(C)(C)C)cc3C)n2)c1.[Pt]. The zero-order valence-electron chi connectivity index (χ0n) is 28.3. The van der Waals surface area contributed by atoms with Gasteiger partial charge in [0.15, 0.2) is 5.82 Å². The summed E-state index contributed by atoms with van der Waals surface area (Å²) in [6.45, 7) is 15.1. The second-order valence-corrected chi connectivity index (χ2v) is 13.2. The Morgan fingerprint density at radius 1 is 0.729 bits per heavy atom. The van der Waals surface area contributed by atoms with Gasteiger partial charge >= 0.3 is 0 Å². The van der Waals surface area contributed by atoms with Crippen molar-refractivity contribution in [3.05, 3.63) is 143 Å². The van der Waals surface area contributed by atoms with Crippen LogP contribution in [-0.2, 0) is 26.5 Å². The number of anilines is 3. The molecule has 2 heterocycles. The molecule has 0 spiro atoms. The molecule has 0 saturated carbocycles. The minimum atomic E-state index is -0.674. The van der Waals surface area contributed by atoms with Crippen LogP contribution in [0.5, 0.6) is 5.75 Å². The third-order valence-electron chi connectivity index (χ3n) is 8.63. The number of pyridine rings is 2. The monoisotopic (exact) mass is 815 g/mol. The van der Waals surface area contributed by atoms with Crippen LogP contribution in [0.1, 0.15) is 48.6 Å². The van der Waals surface area contributed by atoms with Crippen molar-refractivity contribution in [3.8, 4) is 39.4 Å². The predicted molar refractivity (Wildman–Crippen MR) is 191 cm³/mol. The van der Waals surface area contributed by atoms with Crippen LogP contribution >= 0.6 is 0 Å². The molecule has 0 radical (unpaired) electrons. The summed E-state index contributed by atoms with van der Waals surface area (Å²) in [6.07, 6.45) is 1.84. The fourth-order valence-corrected chi connectivity index (χ4v) is 6.26. The minimum absolute atomic E-state index is 0. The van der Waals surface area contributed by atoms with Crippen LogP contribution in [0.15, 0.2) is 103 Å². The number of hydrogen-bond donors (Lipinski definition) is 1. The Morgan fingerprint density at radius 3 is 2.06 bits per heavy atom. The Labute approximate surface area is 297 Å². The molecular weight excluding hydrogens is 777 g/mol. The third-order valence-corrected chi connectivity index (χ3v) is 8.63. The average molecular weight is 816 g/mol. The van der Waals surface area contributed by atoms with Crippen LogP contribution in [0.25, 0.3) is 33.6 Å². The van der Waals surface area contributed by atoms with Crippen molar-refractivity contribution in [1.82, 2.24) is 9.97 Å². The molecule has 0 bridgehead atoms. The molecule has 1 N–H and O–H groups in total. The summed E-state index contributed by atoms with van der Waals surface area (Å²) in [7, 11) is 0. The van der Waals surface area contributed by atoms with Crippen LogP contribution in [0.2, 0.25) is 0 Å². The van der Waals surface area contributed by atoms with E-state index in [9.17, 15) is 9.50 Å². The average Bonchev–Trinajstić information content (AvgIpc) is 3.04. The van der Waals surface area contributed by atoms with Gasteiger partial charge in [-0.25, -0.2) is 9.37 Å². The number of aryl methyl sites for hydroxylation is 4. The molecular formula is C42H39FN3OPt-. The molecule has 2 aromatic heterocycles. The molecule has 246 valence electrons. The summed E-state index contributed by atoms with van der Waals surface area (Å²) in [6, 6.07) is 34.6. The number of nitrogens with zero attached hydrogens (tertiary/aromatic N) is 3. The number of hydrogen-bond acceptors (Lipinski definition) is 4. The summed E-state index contributed by atoms with van der Waals surface area (Å²) in [5, 5.41) is 10.6. The van der Waals surface area contributed by atoms with E-state index in [1.807, 2.05) is 48.7 Å². The van der Waals surface area contributed by atoms with Crippen molar-refractivity contribution in [2.75, 3.05) is 4.90 Å². The van der Waals surface area contributed by atoms with Gasteiger partial charge in [-0.1, -0.05) is 74.9 Å². The molecule has 0 aliphatic rings. The van der Waals surface area contributed by atoms with Gasteiger partial charge in [0.2, 0.25) is 0 Å². The molecule has 0 fully saturated rings. The van der Waals surface area contributed by atoms with Crippen molar-refractivity contribution in [2.45, 2.75) is 53.9 Å². The van der Waals surface area contributed by atoms with Gasteiger partial charge in [0.05, 0.1) is 17.1 Å². The second-order valence-electron chi connectivity index (χ2n) is 13.2. The molecule has 0 atom stereocenters. The summed E-state index contributed by atoms with van der Waals surface area (Å²) in [5.41, 5.74) is 12.3. The summed E-state index contributed by atoms with van der Waals surface area (Å²) in [5.74, 6) is -0.384. The topological polar surface area (TPSA) is 49.2 Å². The van der Waals surface area contributed by atoms with Gasteiger partial charge in [-0.2, -0.15) is 0 Å². The van der Waals surface area contributed by atoms with Crippen LogP contribution in [-0.4, -0.2) is 15.1 Å². The smallest absolute Gasteiger partial charge is 0.155 e. The van der Waals surface area contributed by atoms with Crippen molar-refractivity contribution in [2.24, 2.45) is 0 Å². The molecule has 4 aromatic carbocycles. The second kappa shape index (κ2) is 13.9. The number of aromatic hydroxyl groups is 1. The summed E-state index contributed by atoms with van der Waals surface area (Å²) >= 11 is 0. The van der Waals surface area contributed by atoms with Gasteiger partial charge in [-0.15, -0.1) is 29.8 Å². The number of benzene rings is 4. The molecule has 0 amide bonds. The Morgan fingerprint density at radius 2 is 1.38 bits per heavy atom. The third kappa shape index (κ3) is 6.84. The predicted octanol–water partition coefficient (Wildman–Crippen LogP) is 11.1. The van der Waals surface area contributed by atoms with Crippen LogP contribution in [0, 0.1) is 39.6 Å². The number of rotatable bonds is 6. The number of aromatic nitrogens is 2. The van der Waals surface area contributed by atoms with E-state index in [1.165, 1.54) is 28.3 Å². The van der Waals surface area contributed by atoms with E-state index < -0.39 is 11.6 Å². The van der Waals surface area contributed by atoms with E-state index >= 15 is 0 Å². The first kappa shape index (κ1) is 34.7. The standard InChI is InChI=1S/C42H39FN3O.Pt/c1-26-12-8-13-27(2)39(26)31-20-21-44-37(25-31)36-18-11-19-38(45-36)46(40-28(3)22-32(23-29(40)4)42(5,6)7)33-15-9-14-30(24-33)34-16-10-17-35(43)41(34)47;/h8-23,25,47H,1-7H3;/q-1;. The fourth-order valence-electron chi connectivity index (χ4n) is 6.26. The maximum atomic E-state index is 14.4. The summed E-state index contributed by atoms with van der Waals surface area (Å²) in [4.78, 5) is 12.0. The molecule has 0 aliphatic carbocycles. The van der Waals surface area contributed by atoms with Gasteiger partial charge < -0.3 is 10.0 Å². The maximum Gasteiger partial charge on any atom is 0.155 e. The van der Waals surface area contributed by atoms with Gasteiger partial charge in [0.25, 0.3) is 0 Å². The van der Waals surface area contributed by atoms with E-state index in [0.717, 1.165) is 33.8 Å². The van der Waals surface area contributed by atoms with Gasteiger partial charge in [0, 0.05) is 27.3 Å². The Bertz CT molecular complexity index is 2070. The van der Waals surface area contributed by atoms with Crippen molar-refractivity contribution in [3.63, 3.8) is 0 Å². The molecule has 4 nitrogen and oxygen atoms in total. The van der Waals surface area contributed by atoms with E-state index in [-0.39, 0.29) is 26.5 Å². The molecule has 0 saturated heterocycles. The van der Waals surface area contributed by atoms with Crippen LogP contribution < -0.4 is 4.90 Å². The zero-order chi connectivity index (χ0) is 33.5. The van der Waals surface area contributed by atoms with Crippen molar-refractivity contribution in [1.29, 1.82) is 0 Å². The van der Waals surface area contributed by atoms with E-state index in [2.05, 4.69) is 95.8 Å². The quantitative estimate of drug-likeness (QED) is 0.170. The molecule has 0 unspecified atom stereocenters. The van der Waals surface area contributed by atoms with E-state index in [0.29, 0.717) is 22.6 Å². The zero-order valence-corrected chi connectivity index (χ0v) is 30.6. The maximum absolute atomic E-state index is 14.4. The Balaban J connectivity index is 0.00000451. The molecule has 6 heteroatoms. The molecule has 48 heavy (non-hydrogen) atoms. The summed E-state index contributed by atoms with van der Waals surface area (Å²) < 4.78 is 14.4.